The molecule has 7 aromatic rings. The molecule has 0 aliphatic carbocycles. The number of rotatable bonds is 1. The van der Waals surface area contributed by atoms with Gasteiger partial charge >= 0.3 is 0 Å². The third kappa shape index (κ3) is 3.64. The summed E-state index contributed by atoms with van der Waals surface area (Å²) < 4.78 is 71.2. The van der Waals surface area contributed by atoms with Crippen LogP contribution in [0.15, 0.2) is 0 Å². The Labute approximate surface area is 235 Å². The maximum absolute atomic E-state index is 14.7. The summed E-state index contributed by atoms with van der Waals surface area (Å²) in [4.78, 5) is 44.5. The summed E-state index contributed by atoms with van der Waals surface area (Å²) in [5, 5.41) is 9.70. The van der Waals surface area contributed by atoms with Crippen LogP contribution in [0.4, 0.5) is 22.0 Å². The van der Waals surface area contributed by atoms with Crippen molar-refractivity contribution < 1.29 is 22.0 Å². The lowest BCUT2D eigenvalue weighted by molar-refractivity contribution is 0.381. The Bertz CT molecular complexity index is 2450. The lowest BCUT2D eigenvalue weighted by Crippen LogP contribution is -2.08. The molecule has 0 fully saturated rings. The maximum atomic E-state index is 14.7. The number of aryl methyl sites for hydroxylation is 4. The molecule has 210 valence electrons. The second kappa shape index (κ2) is 8.89. The smallest absolute Gasteiger partial charge is 0.200 e. The van der Waals surface area contributed by atoms with Crippen LogP contribution in [0.25, 0.3) is 66.9 Å². The summed E-state index contributed by atoms with van der Waals surface area (Å²) >= 11 is 0. The van der Waals surface area contributed by atoms with Gasteiger partial charge in [0.2, 0.25) is 5.82 Å². The van der Waals surface area contributed by atoms with Gasteiger partial charge in [0.15, 0.2) is 51.6 Å². The quantitative estimate of drug-likeness (QED) is 0.0852. The third-order valence-electron chi connectivity index (χ3n) is 6.98. The van der Waals surface area contributed by atoms with Crippen LogP contribution in [-0.2, 0) is 0 Å². The molecule has 7 rings (SSSR count). The molecule has 0 amide bonds. The van der Waals surface area contributed by atoms with Crippen molar-refractivity contribution in [2.45, 2.75) is 27.7 Å². The molecule has 0 aliphatic rings. The first kappa shape index (κ1) is 26.2. The lowest BCUT2D eigenvalue weighted by atomic mass is 10.1. The number of benzene rings is 2. The van der Waals surface area contributed by atoms with Crippen LogP contribution in [0, 0.1) is 68.1 Å². The van der Waals surface area contributed by atoms with Crippen LogP contribution in [-0.4, -0.2) is 49.8 Å². The number of hydrogen-bond acceptors (Lipinski definition) is 11. The molecule has 0 aliphatic heterocycles. The molecule has 5 aromatic heterocycles. The van der Waals surface area contributed by atoms with Crippen LogP contribution in [0.3, 0.4) is 0 Å². The van der Waals surface area contributed by atoms with E-state index in [1.165, 1.54) is 0 Å². The van der Waals surface area contributed by atoms with E-state index in [9.17, 15) is 27.2 Å². The number of nitrogens with zero attached hydrogens (tertiary/aromatic N) is 11. The largest absolute Gasteiger partial charge is 0.247 e. The van der Waals surface area contributed by atoms with E-state index < -0.39 is 46.0 Å². The summed E-state index contributed by atoms with van der Waals surface area (Å²) in [6.07, 6.45) is 0. The second-order valence-corrected chi connectivity index (χ2v) is 9.60. The molecule has 0 spiro atoms. The first-order chi connectivity index (χ1) is 20.5. The summed E-state index contributed by atoms with van der Waals surface area (Å²) in [6, 6.07) is 1.58. The highest BCUT2D eigenvalue weighted by Crippen LogP contribution is 2.35. The van der Waals surface area contributed by atoms with Gasteiger partial charge in [0.1, 0.15) is 44.9 Å². The van der Waals surface area contributed by atoms with Crippen LogP contribution in [0.2, 0.25) is 0 Å². The summed E-state index contributed by atoms with van der Waals surface area (Å²) in [5.41, 5.74) is 0.307. The van der Waals surface area contributed by atoms with Crippen LogP contribution in [0.1, 0.15) is 28.5 Å². The van der Waals surface area contributed by atoms with Crippen molar-refractivity contribution in [3.63, 3.8) is 0 Å². The third-order valence-corrected chi connectivity index (χ3v) is 6.98. The Hall–Kier alpha value is -5.72. The van der Waals surface area contributed by atoms with E-state index in [1.54, 1.807) is 33.8 Å². The van der Waals surface area contributed by atoms with Crippen molar-refractivity contribution in [2.75, 3.05) is 0 Å². The Morgan fingerprint density at radius 1 is 0.419 bits per heavy atom. The van der Waals surface area contributed by atoms with E-state index in [0.29, 0.717) is 22.8 Å². The zero-order valence-electron chi connectivity index (χ0n) is 22.3. The van der Waals surface area contributed by atoms with Crippen LogP contribution < -0.4 is 0 Å². The second-order valence-electron chi connectivity index (χ2n) is 9.60. The molecule has 0 saturated heterocycles. The van der Waals surface area contributed by atoms with Gasteiger partial charge in [-0.3, -0.25) is 0 Å². The van der Waals surface area contributed by atoms with E-state index in [-0.39, 0.29) is 55.7 Å². The van der Waals surface area contributed by atoms with Gasteiger partial charge in [-0.25, -0.2) is 71.8 Å². The van der Waals surface area contributed by atoms with Gasteiger partial charge in [-0.15, -0.1) is 0 Å². The monoisotopic (exact) mass is 585 g/mol. The van der Waals surface area contributed by atoms with E-state index in [0.717, 1.165) is 0 Å². The van der Waals surface area contributed by atoms with Gasteiger partial charge in [-0.05, 0) is 27.7 Å². The standard InChI is InChI=1S/C27H12F5N11/c1-6-7(2)35-19-18(34-6)20-22(41-25-24(40-20)36-8(3)9(4)37-25)23-21(19)43-27-26(42-23)38-10(5-33)17(39-27)11-12(28)14(30)16(32)15(31)13(11)29/h1-4H3. The average Bonchev–Trinajstić information content (AvgIpc) is 2.99. The number of aromatic nitrogens is 10. The fraction of sp³-hybridized carbons (Fsp3) is 0.148. The molecule has 0 radical (unpaired) electrons. The summed E-state index contributed by atoms with van der Waals surface area (Å²) in [6.45, 7) is 7.01. The first-order valence-electron chi connectivity index (χ1n) is 12.4. The first-order valence-corrected chi connectivity index (χ1v) is 12.4. The zero-order chi connectivity index (χ0) is 30.5. The van der Waals surface area contributed by atoms with Crippen LogP contribution >= 0.6 is 0 Å². The predicted octanol–water partition coefficient (Wildman–Crippen LogP) is 4.87. The predicted molar refractivity (Wildman–Crippen MR) is 141 cm³/mol. The van der Waals surface area contributed by atoms with Gasteiger partial charge in [-0.1, -0.05) is 0 Å². The number of hydrogen-bond donors (Lipinski definition) is 0. The highest BCUT2D eigenvalue weighted by molar-refractivity contribution is 6.19. The molecular weight excluding hydrogens is 573 g/mol. The number of fused-ring (bicyclic) bond motifs is 8. The summed E-state index contributed by atoms with van der Waals surface area (Å²) in [7, 11) is 0. The van der Waals surface area contributed by atoms with Gasteiger partial charge < -0.3 is 0 Å². The molecule has 0 saturated carbocycles. The topological polar surface area (TPSA) is 153 Å². The van der Waals surface area contributed by atoms with Gasteiger partial charge in [0, 0.05) is 0 Å². The molecular formula is C27H12F5N11. The van der Waals surface area contributed by atoms with Gasteiger partial charge in [-0.2, -0.15) is 5.26 Å². The SMILES string of the molecule is Cc1nc2nc3c4nc(C)c(C)nc4c4nc5nc(-c6c(F)c(F)c(F)c(F)c6F)c(C#N)nc5nc4c3nc2nc1C. The van der Waals surface area contributed by atoms with E-state index >= 15 is 0 Å². The molecule has 0 unspecified atom stereocenters. The average molecular weight is 585 g/mol. The van der Waals surface area contributed by atoms with Gasteiger partial charge in [0.25, 0.3) is 0 Å². The van der Waals surface area contributed by atoms with Crippen molar-refractivity contribution >= 4 is 55.7 Å². The van der Waals surface area contributed by atoms with Crippen molar-refractivity contribution in [1.82, 2.24) is 49.8 Å². The fourth-order valence-electron chi connectivity index (χ4n) is 4.59. The highest BCUT2D eigenvalue weighted by atomic mass is 19.2. The molecule has 2 aromatic carbocycles. The molecule has 11 nitrogen and oxygen atoms in total. The van der Waals surface area contributed by atoms with Crippen molar-refractivity contribution in [3.8, 4) is 17.3 Å². The van der Waals surface area contributed by atoms with E-state index in [2.05, 4.69) is 49.8 Å². The Balaban J connectivity index is 1.65. The Morgan fingerprint density at radius 2 is 0.744 bits per heavy atom. The molecule has 5 heterocycles. The minimum absolute atomic E-state index is 0.0819. The highest BCUT2D eigenvalue weighted by Gasteiger charge is 2.30. The molecule has 0 bridgehead atoms. The molecule has 16 heteroatoms. The molecule has 0 atom stereocenters. The van der Waals surface area contributed by atoms with Crippen molar-refractivity contribution in [3.05, 3.63) is 57.6 Å². The molecule has 0 N–H and O–H groups in total. The van der Waals surface area contributed by atoms with Crippen LogP contribution in [0.5, 0.6) is 0 Å². The zero-order valence-corrected chi connectivity index (χ0v) is 22.3. The summed E-state index contributed by atoms with van der Waals surface area (Å²) in [5.74, 6) is -11.1. The lowest BCUT2D eigenvalue weighted by Gasteiger charge is -2.12. The van der Waals surface area contributed by atoms with Crippen molar-refractivity contribution in [1.29, 1.82) is 5.26 Å². The molecule has 43 heavy (non-hydrogen) atoms. The minimum atomic E-state index is -2.36. The Kier molecular flexibility index (Phi) is 5.41. The minimum Gasteiger partial charge on any atom is -0.247 e. The van der Waals surface area contributed by atoms with E-state index in [4.69, 9.17) is 0 Å². The van der Waals surface area contributed by atoms with Gasteiger partial charge in [0.05, 0.1) is 28.3 Å². The fourth-order valence-corrected chi connectivity index (χ4v) is 4.59. The Morgan fingerprint density at radius 3 is 1.16 bits per heavy atom. The van der Waals surface area contributed by atoms with E-state index in [1.807, 2.05) is 0 Å². The number of nitriles is 1. The normalized spacial score (nSPS) is 11.8. The number of halogens is 5. The maximum Gasteiger partial charge on any atom is 0.200 e. The van der Waals surface area contributed by atoms with Crippen molar-refractivity contribution in [2.24, 2.45) is 0 Å².